The summed E-state index contributed by atoms with van der Waals surface area (Å²) in [4.78, 5) is 0. The lowest BCUT2D eigenvalue weighted by atomic mass is 9.86. The van der Waals surface area contributed by atoms with Gasteiger partial charge in [0.25, 0.3) is 0 Å². The lowest BCUT2D eigenvalue weighted by Crippen LogP contribution is -2.31. The van der Waals surface area contributed by atoms with Crippen LogP contribution in [0.4, 0.5) is 0 Å². The minimum absolute atomic E-state index is 0.264. The summed E-state index contributed by atoms with van der Waals surface area (Å²) >= 11 is 6.06. The van der Waals surface area contributed by atoms with Crippen molar-refractivity contribution < 1.29 is 9.94 Å². The number of halogens is 1. The second-order valence-corrected chi connectivity index (χ2v) is 6.02. The minimum atomic E-state index is -0.296. The SMILES string of the molecule is Cc1ccc(Cl)c(OCCCCC(C)(C)/C(N)=N/O)c1. The van der Waals surface area contributed by atoms with Gasteiger partial charge in [0, 0.05) is 5.41 Å². The second-order valence-electron chi connectivity index (χ2n) is 5.61. The van der Waals surface area contributed by atoms with E-state index in [2.05, 4.69) is 5.16 Å². The van der Waals surface area contributed by atoms with Crippen molar-refractivity contribution in [2.24, 2.45) is 16.3 Å². The van der Waals surface area contributed by atoms with E-state index in [1.807, 2.05) is 39.0 Å². The smallest absolute Gasteiger partial charge is 0.144 e. The fourth-order valence-corrected chi connectivity index (χ4v) is 2.01. The van der Waals surface area contributed by atoms with E-state index in [0.29, 0.717) is 11.6 Å². The summed E-state index contributed by atoms with van der Waals surface area (Å²) in [6.07, 6.45) is 2.67. The third kappa shape index (κ3) is 4.93. The highest BCUT2D eigenvalue weighted by atomic mass is 35.5. The van der Waals surface area contributed by atoms with Crippen LogP contribution in [-0.4, -0.2) is 17.6 Å². The van der Waals surface area contributed by atoms with Crippen LogP contribution >= 0.6 is 11.6 Å². The fourth-order valence-electron chi connectivity index (χ4n) is 1.84. The molecule has 0 aliphatic heterocycles. The summed E-state index contributed by atoms with van der Waals surface area (Å²) in [7, 11) is 0. The molecule has 0 aliphatic rings. The highest BCUT2D eigenvalue weighted by molar-refractivity contribution is 6.32. The molecule has 0 amide bonds. The fraction of sp³-hybridized carbons (Fsp3) is 0.533. The first kappa shape index (κ1) is 16.6. The number of nitrogens with zero attached hydrogens (tertiary/aromatic N) is 1. The monoisotopic (exact) mass is 298 g/mol. The van der Waals surface area contributed by atoms with Crippen molar-refractivity contribution in [3.8, 4) is 5.75 Å². The quantitative estimate of drug-likeness (QED) is 0.263. The van der Waals surface area contributed by atoms with Crippen molar-refractivity contribution in [2.75, 3.05) is 6.61 Å². The Morgan fingerprint density at radius 1 is 1.40 bits per heavy atom. The molecule has 0 unspecified atom stereocenters. The van der Waals surface area contributed by atoms with E-state index in [1.165, 1.54) is 0 Å². The predicted octanol–water partition coefficient (Wildman–Crippen LogP) is 3.97. The summed E-state index contributed by atoms with van der Waals surface area (Å²) in [5.74, 6) is 0.988. The van der Waals surface area contributed by atoms with Gasteiger partial charge >= 0.3 is 0 Å². The zero-order valence-electron chi connectivity index (χ0n) is 12.3. The van der Waals surface area contributed by atoms with Crippen LogP contribution in [0.3, 0.4) is 0 Å². The molecule has 0 aromatic heterocycles. The van der Waals surface area contributed by atoms with Crippen LogP contribution in [0.25, 0.3) is 0 Å². The minimum Gasteiger partial charge on any atom is -0.492 e. The first-order valence-electron chi connectivity index (χ1n) is 6.74. The number of ether oxygens (including phenoxy) is 1. The molecule has 20 heavy (non-hydrogen) atoms. The van der Waals surface area contributed by atoms with Crippen molar-refractivity contribution in [3.63, 3.8) is 0 Å². The van der Waals surface area contributed by atoms with Gasteiger partial charge in [-0.15, -0.1) is 0 Å². The molecule has 0 heterocycles. The molecular weight excluding hydrogens is 276 g/mol. The maximum absolute atomic E-state index is 8.70. The summed E-state index contributed by atoms with van der Waals surface area (Å²) in [6, 6.07) is 5.73. The number of rotatable bonds is 7. The van der Waals surface area contributed by atoms with E-state index in [0.717, 1.165) is 30.6 Å². The number of unbranched alkanes of at least 4 members (excludes halogenated alkanes) is 1. The molecule has 0 bridgehead atoms. The Hall–Kier alpha value is -1.42. The summed E-state index contributed by atoms with van der Waals surface area (Å²) in [5.41, 5.74) is 6.47. The normalized spacial score (nSPS) is 12.5. The average molecular weight is 299 g/mol. The van der Waals surface area contributed by atoms with Gasteiger partial charge in [0.15, 0.2) is 0 Å². The molecule has 5 heteroatoms. The number of benzene rings is 1. The van der Waals surface area contributed by atoms with Gasteiger partial charge < -0.3 is 15.7 Å². The molecule has 1 aromatic carbocycles. The highest BCUT2D eigenvalue weighted by Gasteiger charge is 2.22. The van der Waals surface area contributed by atoms with E-state index in [1.54, 1.807) is 0 Å². The Morgan fingerprint density at radius 3 is 2.75 bits per heavy atom. The Bertz CT molecular complexity index is 473. The molecule has 0 fully saturated rings. The molecule has 0 atom stereocenters. The van der Waals surface area contributed by atoms with Crippen LogP contribution in [0.1, 0.15) is 38.7 Å². The molecular formula is C15H23ClN2O2. The molecule has 4 nitrogen and oxygen atoms in total. The lowest BCUT2D eigenvalue weighted by molar-refractivity contribution is 0.288. The largest absolute Gasteiger partial charge is 0.492 e. The summed E-state index contributed by atoms with van der Waals surface area (Å²) in [5, 5.41) is 12.4. The zero-order valence-corrected chi connectivity index (χ0v) is 13.1. The van der Waals surface area contributed by atoms with Gasteiger partial charge in [-0.2, -0.15) is 0 Å². The van der Waals surface area contributed by atoms with Crippen molar-refractivity contribution >= 4 is 17.4 Å². The zero-order chi connectivity index (χ0) is 15.2. The molecule has 3 N–H and O–H groups in total. The van der Waals surface area contributed by atoms with Crippen molar-refractivity contribution in [2.45, 2.75) is 40.0 Å². The number of hydrogen-bond acceptors (Lipinski definition) is 3. The Morgan fingerprint density at radius 2 is 2.10 bits per heavy atom. The third-order valence-electron chi connectivity index (χ3n) is 3.34. The Kier molecular flexibility index (Phi) is 6.14. The standard InChI is InChI=1S/C15H23ClN2O2/c1-11-6-7-12(16)13(10-11)20-9-5-4-8-15(2,3)14(17)18-19/h6-7,10,19H,4-5,8-9H2,1-3H3,(H2,17,18). The van der Waals surface area contributed by atoms with Crippen LogP contribution in [0.2, 0.25) is 5.02 Å². The van der Waals surface area contributed by atoms with Gasteiger partial charge in [-0.05, 0) is 43.9 Å². The van der Waals surface area contributed by atoms with E-state index >= 15 is 0 Å². The Balaban J connectivity index is 2.34. The molecule has 0 spiro atoms. The lowest BCUT2D eigenvalue weighted by Gasteiger charge is -2.22. The molecule has 1 rings (SSSR count). The number of hydrogen-bond donors (Lipinski definition) is 2. The van der Waals surface area contributed by atoms with Crippen LogP contribution < -0.4 is 10.5 Å². The molecule has 0 saturated carbocycles. The van der Waals surface area contributed by atoms with Crippen LogP contribution in [0.15, 0.2) is 23.4 Å². The summed E-state index contributed by atoms with van der Waals surface area (Å²) in [6.45, 7) is 6.53. The molecule has 0 radical (unpaired) electrons. The van der Waals surface area contributed by atoms with Crippen LogP contribution in [0.5, 0.6) is 5.75 Å². The number of amidine groups is 1. The Labute approximate surface area is 125 Å². The first-order chi connectivity index (χ1) is 9.36. The predicted molar refractivity (Wildman–Crippen MR) is 82.7 cm³/mol. The van der Waals surface area contributed by atoms with Gasteiger partial charge in [0.05, 0.1) is 11.6 Å². The molecule has 1 aromatic rings. The topological polar surface area (TPSA) is 67.8 Å². The average Bonchev–Trinajstić information content (AvgIpc) is 2.41. The van der Waals surface area contributed by atoms with Crippen molar-refractivity contribution in [3.05, 3.63) is 28.8 Å². The van der Waals surface area contributed by atoms with E-state index in [4.69, 9.17) is 27.3 Å². The third-order valence-corrected chi connectivity index (χ3v) is 3.65. The summed E-state index contributed by atoms with van der Waals surface area (Å²) < 4.78 is 5.68. The van der Waals surface area contributed by atoms with E-state index in [9.17, 15) is 0 Å². The van der Waals surface area contributed by atoms with Gasteiger partial charge in [-0.25, -0.2) is 0 Å². The highest BCUT2D eigenvalue weighted by Crippen LogP contribution is 2.26. The maximum Gasteiger partial charge on any atom is 0.144 e. The van der Waals surface area contributed by atoms with Crippen LogP contribution in [-0.2, 0) is 0 Å². The van der Waals surface area contributed by atoms with Crippen LogP contribution in [0, 0.1) is 12.3 Å². The number of oxime groups is 1. The number of aryl methyl sites for hydroxylation is 1. The second kappa shape index (κ2) is 7.39. The molecule has 112 valence electrons. The molecule has 0 aliphatic carbocycles. The van der Waals surface area contributed by atoms with Gasteiger partial charge in [-0.3, -0.25) is 0 Å². The van der Waals surface area contributed by atoms with Gasteiger partial charge in [0.2, 0.25) is 0 Å². The van der Waals surface area contributed by atoms with Crippen molar-refractivity contribution in [1.29, 1.82) is 0 Å². The number of nitrogens with two attached hydrogens (primary N) is 1. The van der Waals surface area contributed by atoms with E-state index in [-0.39, 0.29) is 11.3 Å². The van der Waals surface area contributed by atoms with Gasteiger partial charge in [0.1, 0.15) is 11.6 Å². The first-order valence-corrected chi connectivity index (χ1v) is 7.11. The van der Waals surface area contributed by atoms with Gasteiger partial charge in [-0.1, -0.05) is 36.7 Å². The van der Waals surface area contributed by atoms with E-state index < -0.39 is 0 Å². The molecule has 0 saturated heterocycles. The van der Waals surface area contributed by atoms with Crippen molar-refractivity contribution in [1.82, 2.24) is 0 Å². The maximum atomic E-state index is 8.70.